The van der Waals surface area contributed by atoms with Crippen LogP contribution in [0.15, 0.2) is 24.3 Å². The zero-order valence-corrected chi connectivity index (χ0v) is 10.5. The fourth-order valence-corrected chi connectivity index (χ4v) is 1.68. The van der Waals surface area contributed by atoms with E-state index in [1.54, 1.807) is 24.3 Å². The number of nitrogens with zero attached hydrogens (tertiary/aromatic N) is 1. The SMILES string of the molecule is CCC(C)(C)N(C(=O)O)c1cccc(Cl)c1. The molecule has 0 aliphatic carbocycles. The van der Waals surface area contributed by atoms with Crippen LogP contribution in [0.25, 0.3) is 0 Å². The molecule has 16 heavy (non-hydrogen) atoms. The lowest BCUT2D eigenvalue weighted by Crippen LogP contribution is -2.47. The molecule has 1 aromatic carbocycles. The van der Waals surface area contributed by atoms with Crippen LogP contribution in [0.2, 0.25) is 5.02 Å². The number of halogens is 1. The average molecular weight is 242 g/mol. The molecule has 0 atom stereocenters. The van der Waals surface area contributed by atoms with Gasteiger partial charge in [0.2, 0.25) is 0 Å². The highest BCUT2D eigenvalue weighted by Gasteiger charge is 2.30. The average Bonchev–Trinajstić information content (AvgIpc) is 2.17. The van der Waals surface area contributed by atoms with Crippen molar-refractivity contribution >= 4 is 23.4 Å². The monoisotopic (exact) mass is 241 g/mol. The van der Waals surface area contributed by atoms with Gasteiger partial charge in [0.1, 0.15) is 0 Å². The molecule has 88 valence electrons. The van der Waals surface area contributed by atoms with Crippen LogP contribution in [0.4, 0.5) is 10.5 Å². The fourth-order valence-electron chi connectivity index (χ4n) is 1.49. The highest BCUT2D eigenvalue weighted by atomic mass is 35.5. The van der Waals surface area contributed by atoms with E-state index in [0.717, 1.165) is 6.42 Å². The van der Waals surface area contributed by atoms with E-state index in [4.69, 9.17) is 11.6 Å². The van der Waals surface area contributed by atoms with Crippen LogP contribution in [0, 0.1) is 0 Å². The highest BCUT2D eigenvalue weighted by Crippen LogP contribution is 2.28. The zero-order valence-electron chi connectivity index (χ0n) is 9.70. The molecule has 0 aromatic heterocycles. The second-order valence-electron chi connectivity index (χ2n) is 4.26. The smallest absolute Gasteiger partial charge is 0.412 e. The van der Waals surface area contributed by atoms with Crippen molar-refractivity contribution in [1.29, 1.82) is 0 Å². The number of rotatable bonds is 3. The predicted molar refractivity (Wildman–Crippen MR) is 66.3 cm³/mol. The van der Waals surface area contributed by atoms with Crippen molar-refractivity contribution in [2.75, 3.05) is 4.90 Å². The summed E-state index contributed by atoms with van der Waals surface area (Å²) in [5.74, 6) is 0. The van der Waals surface area contributed by atoms with Gasteiger partial charge in [0, 0.05) is 16.2 Å². The quantitative estimate of drug-likeness (QED) is 0.869. The minimum atomic E-state index is -0.964. The molecule has 0 saturated heterocycles. The van der Waals surface area contributed by atoms with Crippen molar-refractivity contribution in [3.05, 3.63) is 29.3 Å². The van der Waals surface area contributed by atoms with Gasteiger partial charge < -0.3 is 5.11 Å². The van der Waals surface area contributed by atoms with Gasteiger partial charge in [-0.3, -0.25) is 4.90 Å². The predicted octanol–water partition coefficient (Wildman–Crippen LogP) is 4.01. The fraction of sp³-hybridized carbons (Fsp3) is 0.417. The lowest BCUT2D eigenvalue weighted by atomic mass is 9.99. The lowest BCUT2D eigenvalue weighted by Gasteiger charge is -2.35. The van der Waals surface area contributed by atoms with Gasteiger partial charge in [0.15, 0.2) is 0 Å². The van der Waals surface area contributed by atoms with E-state index in [0.29, 0.717) is 10.7 Å². The third-order valence-corrected chi connectivity index (χ3v) is 2.96. The standard InChI is InChI=1S/C12H16ClNO2/c1-4-12(2,3)14(11(15)16)10-7-5-6-9(13)8-10/h5-8H,4H2,1-3H3,(H,15,16). The van der Waals surface area contributed by atoms with E-state index >= 15 is 0 Å². The molecule has 0 saturated carbocycles. The van der Waals surface area contributed by atoms with Gasteiger partial charge in [-0.25, -0.2) is 4.79 Å². The largest absolute Gasteiger partial charge is 0.465 e. The Bertz CT molecular complexity index is 390. The molecule has 0 heterocycles. The summed E-state index contributed by atoms with van der Waals surface area (Å²) in [5, 5.41) is 9.80. The molecular weight excluding hydrogens is 226 g/mol. The van der Waals surface area contributed by atoms with Crippen LogP contribution in [0.3, 0.4) is 0 Å². The van der Waals surface area contributed by atoms with Gasteiger partial charge in [-0.1, -0.05) is 24.6 Å². The van der Waals surface area contributed by atoms with Gasteiger partial charge in [-0.05, 0) is 38.5 Å². The Morgan fingerprint density at radius 3 is 2.56 bits per heavy atom. The van der Waals surface area contributed by atoms with Gasteiger partial charge in [0.05, 0.1) is 0 Å². The summed E-state index contributed by atoms with van der Waals surface area (Å²) in [4.78, 5) is 12.6. The summed E-state index contributed by atoms with van der Waals surface area (Å²) in [6, 6.07) is 6.88. The Hall–Kier alpha value is -1.22. The molecule has 0 radical (unpaired) electrons. The molecule has 0 spiro atoms. The van der Waals surface area contributed by atoms with Crippen LogP contribution in [-0.4, -0.2) is 16.7 Å². The minimum Gasteiger partial charge on any atom is -0.465 e. The first-order valence-corrected chi connectivity index (χ1v) is 5.55. The van der Waals surface area contributed by atoms with E-state index in [1.807, 2.05) is 20.8 Å². The van der Waals surface area contributed by atoms with Crippen molar-refractivity contribution in [1.82, 2.24) is 0 Å². The summed E-state index contributed by atoms with van der Waals surface area (Å²) < 4.78 is 0. The molecular formula is C12H16ClNO2. The van der Waals surface area contributed by atoms with Crippen molar-refractivity contribution in [3.63, 3.8) is 0 Å². The second kappa shape index (κ2) is 4.74. The van der Waals surface area contributed by atoms with Crippen LogP contribution in [-0.2, 0) is 0 Å². The Labute approximate surface area is 101 Å². The number of benzene rings is 1. The van der Waals surface area contributed by atoms with E-state index in [1.165, 1.54) is 4.90 Å². The van der Waals surface area contributed by atoms with Crippen LogP contribution >= 0.6 is 11.6 Å². The third-order valence-electron chi connectivity index (χ3n) is 2.73. The van der Waals surface area contributed by atoms with Crippen molar-refractivity contribution in [2.24, 2.45) is 0 Å². The van der Waals surface area contributed by atoms with Gasteiger partial charge in [-0.15, -0.1) is 0 Å². The van der Waals surface area contributed by atoms with E-state index < -0.39 is 11.6 Å². The molecule has 1 amide bonds. The van der Waals surface area contributed by atoms with E-state index in [9.17, 15) is 9.90 Å². The maximum absolute atomic E-state index is 11.3. The number of carboxylic acid groups (broad SMARTS) is 1. The molecule has 0 unspecified atom stereocenters. The van der Waals surface area contributed by atoms with Gasteiger partial charge in [-0.2, -0.15) is 0 Å². The summed E-state index contributed by atoms with van der Waals surface area (Å²) in [6.45, 7) is 5.74. The van der Waals surface area contributed by atoms with Crippen molar-refractivity contribution in [2.45, 2.75) is 32.7 Å². The van der Waals surface area contributed by atoms with Gasteiger partial charge in [0.25, 0.3) is 0 Å². The summed E-state index contributed by atoms with van der Waals surface area (Å²) in [5.41, 5.74) is 0.156. The maximum atomic E-state index is 11.3. The molecule has 0 aliphatic heterocycles. The number of carbonyl (C=O) groups is 1. The molecule has 0 aliphatic rings. The third kappa shape index (κ3) is 2.67. The molecule has 1 aromatic rings. The van der Waals surface area contributed by atoms with Crippen molar-refractivity contribution < 1.29 is 9.90 Å². The first-order chi connectivity index (χ1) is 7.38. The summed E-state index contributed by atoms with van der Waals surface area (Å²) in [6.07, 6.45) is -0.236. The Kier molecular flexibility index (Phi) is 3.81. The maximum Gasteiger partial charge on any atom is 0.412 e. The van der Waals surface area contributed by atoms with Crippen LogP contribution in [0.1, 0.15) is 27.2 Å². The van der Waals surface area contributed by atoms with E-state index in [2.05, 4.69) is 0 Å². The first kappa shape index (κ1) is 12.8. The number of anilines is 1. The molecule has 1 rings (SSSR count). The zero-order chi connectivity index (χ0) is 12.3. The minimum absolute atomic E-state index is 0.448. The number of amides is 1. The summed E-state index contributed by atoms with van der Waals surface area (Å²) >= 11 is 5.87. The number of hydrogen-bond acceptors (Lipinski definition) is 1. The Morgan fingerprint density at radius 2 is 2.12 bits per heavy atom. The molecule has 4 heteroatoms. The lowest BCUT2D eigenvalue weighted by molar-refractivity contribution is 0.194. The number of hydrogen-bond donors (Lipinski definition) is 1. The topological polar surface area (TPSA) is 40.5 Å². The molecule has 3 nitrogen and oxygen atoms in total. The highest BCUT2D eigenvalue weighted by molar-refractivity contribution is 6.30. The molecule has 0 fully saturated rings. The van der Waals surface area contributed by atoms with Crippen molar-refractivity contribution in [3.8, 4) is 0 Å². The second-order valence-corrected chi connectivity index (χ2v) is 4.70. The molecule has 0 bridgehead atoms. The van der Waals surface area contributed by atoms with Crippen LogP contribution in [0.5, 0.6) is 0 Å². The first-order valence-electron chi connectivity index (χ1n) is 5.17. The Balaban J connectivity index is 3.18. The summed E-state index contributed by atoms with van der Waals surface area (Å²) in [7, 11) is 0. The van der Waals surface area contributed by atoms with Crippen LogP contribution < -0.4 is 4.90 Å². The molecule has 1 N–H and O–H groups in total. The normalized spacial score (nSPS) is 11.2. The van der Waals surface area contributed by atoms with Gasteiger partial charge >= 0.3 is 6.09 Å². The van der Waals surface area contributed by atoms with E-state index in [-0.39, 0.29) is 0 Å². The Morgan fingerprint density at radius 1 is 1.50 bits per heavy atom.